The largest absolute Gasteiger partial charge is 0.490 e. The third-order valence-electron chi connectivity index (χ3n) is 2.33. The van der Waals surface area contributed by atoms with E-state index in [0.29, 0.717) is 11.4 Å². The quantitative estimate of drug-likeness (QED) is 0.629. The summed E-state index contributed by atoms with van der Waals surface area (Å²) in [4.78, 5) is 4.07. The van der Waals surface area contributed by atoms with E-state index in [9.17, 15) is 0 Å². The monoisotopic (exact) mass is 257 g/mol. The van der Waals surface area contributed by atoms with Gasteiger partial charge in [0.05, 0.1) is 0 Å². The van der Waals surface area contributed by atoms with Crippen molar-refractivity contribution in [1.82, 2.24) is 4.98 Å². The van der Waals surface area contributed by atoms with Crippen LogP contribution in [0.3, 0.4) is 0 Å². The molecule has 3 nitrogen and oxygen atoms in total. The zero-order valence-electron chi connectivity index (χ0n) is 8.24. The Hall–Kier alpha value is -0.385. The number of halogens is 1. The summed E-state index contributed by atoms with van der Waals surface area (Å²) in [6.45, 7) is 4.16. The van der Waals surface area contributed by atoms with Gasteiger partial charge in [-0.3, -0.25) is 0 Å². The van der Waals surface area contributed by atoms with E-state index in [1.54, 1.807) is 6.07 Å². The summed E-state index contributed by atoms with van der Waals surface area (Å²) < 4.78 is 0.774. The Morgan fingerprint density at radius 1 is 1.57 bits per heavy atom. The zero-order valence-corrected chi connectivity index (χ0v) is 9.82. The van der Waals surface area contributed by atoms with Crippen molar-refractivity contribution in [2.75, 3.05) is 0 Å². The molecule has 0 spiro atoms. The molecule has 0 bridgehead atoms. The molecule has 1 aromatic heterocycles. The van der Waals surface area contributed by atoms with Crippen LogP contribution in [0.25, 0.3) is 0 Å². The van der Waals surface area contributed by atoms with Crippen LogP contribution in [0.1, 0.15) is 31.7 Å². The molecule has 0 saturated heterocycles. The molecular weight excluding hydrogens is 245 g/mol. The molecule has 5 heteroatoms. The molecular formula is C9H13BBrNO2. The van der Waals surface area contributed by atoms with E-state index in [0.717, 1.165) is 16.6 Å². The fraction of sp³-hybridized carbons (Fsp3) is 0.444. The van der Waals surface area contributed by atoms with Crippen molar-refractivity contribution in [2.24, 2.45) is 0 Å². The third-order valence-corrected chi connectivity index (χ3v) is 2.99. The normalized spacial score (nSPS) is 12.6. The number of nitrogens with zero attached hydrogens (tertiary/aromatic N) is 1. The highest BCUT2D eigenvalue weighted by molar-refractivity contribution is 9.10. The van der Waals surface area contributed by atoms with E-state index < -0.39 is 7.12 Å². The van der Waals surface area contributed by atoms with Crippen LogP contribution < -0.4 is 5.46 Å². The van der Waals surface area contributed by atoms with Gasteiger partial charge in [-0.2, -0.15) is 0 Å². The molecule has 0 aliphatic heterocycles. The van der Waals surface area contributed by atoms with E-state index in [-0.39, 0.29) is 0 Å². The average molecular weight is 258 g/mol. The summed E-state index contributed by atoms with van der Waals surface area (Å²) in [6, 6.07) is 1.77. The van der Waals surface area contributed by atoms with Crippen LogP contribution in [0, 0.1) is 0 Å². The van der Waals surface area contributed by atoms with Crippen LogP contribution in [0.15, 0.2) is 16.9 Å². The Morgan fingerprint density at radius 3 is 2.71 bits per heavy atom. The first-order chi connectivity index (χ1) is 6.56. The van der Waals surface area contributed by atoms with Gasteiger partial charge in [-0.05, 0) is 33.8 Å². The van der Waals surface area contributed by atoms with Gasteiger partial charge in [0.15, 0.2) is 0 Å². The maximum atomic E-state index is 8.99. The summed E-state index contributed by atoms with van der Waals surface area (Å²) in [5.74, 6) is 0.357. The zero-order chi connectivity index (χ0) is 10.7. The fourth-order valence-corrected chi connectivity index (χ4v) is 1.80. The molecule has 1 atom stereocenters. The molecule has 0 aliphatic rings. The predicted molar refractivity (Wildman–Crippen MR) is 60.5 cm³/mol. The van der Waals surface area contributed by atoms with Gasteiger partial charge in [-0.1, -0.05) is 19.9 Å². The molecule has 0 saturated carbocycles. The van der Waals surface area contributed by atoms with Crippen LogP contribution in [0.4, 0.5) is 0 Å². The summed E-state index contributed by atoms with van der Waals surface area (Å²) in [7, 11) is -1.45. The van der Waals surface area contributed by atoms with Crippen LogP contribution in [-0.4, -0.2) is 22.2 Å². The first-order valence-electron chi connectivity index (χ1n) is 4.57. The summed E-state index contributed by atoms with van der Waals surface area (Å²) >= 11 is 3.35. The van der Waals surface area contributed by atoms with Crippen molar-refractivity contribution in [2.45, 2.75) is 26.2 Å². The Bertz CT molecular complexity index is 320. The average Bonchev–Trinajstić information content (AvgIpc) is 2.17. The van der Waals surface area contributed by atoms with Crippen molar-refractivity contribution < 1.29 is 10.0 Å². The molecule has 0 aliphatic carbocycles. The molecule has 1 aromatic rings. The van der Waals surface area contributed by atoms with Crippen LogP contribution in [0.2, 0.25) is 0 Å². The second-order valence-corrected chi connectivity index (χ2v) is 4.08. The molecule has 0 aromatic carbocycles. The number of rotatable bonds is 3. The predicted octanol–water partition coefficient (Wildman–Crippen LogP) is 1.04. The van der Waals surface area contributed by atoms with Crippen molar-refractivity contribution in [3.63, 3.8) is 0 Å². The molecule has 0 fully saturated rings. The fourth-order valence-electron chi connectivity index (χ4n) is 1.19. The Morgan fingerprint density at radius 2 is 2.21 bits per heavy atom. The molecule has 0 amide bonds. The maximum Gasteiger partial charge on any atom is 0.490 e. The molecule has 76 valence electrons. The minimum absolute atomic E-state index is 0.357. The number of pyridine rings is 1. The van der Waals surface area contributed by atoms with Gasteiger partial charge in [-0.15, -0.1) is 0 Å². The molecule has 14 heavy (non-hydrogen) atoms. The SMILES string of the molecule is CCC(C)c1cc(B(O)O)cnc1Br. The van der Waals surface area contributed by atoms with Gasteiger partial charge in [-0.25, -0.2) is 4.98 Å². The second kappa shape index (κ2) is 4.91. The van der Waals surface area contributed by atoms with E-state index in [4.69, 9.17) is 10.0 Å². The van der Waals surface area contributed by atoms with Crippen molar-refractivity contribution >= 4 is 28.5 Å². The van der Waals surface area contributed by atoms with Crippen molar-refractivity contribution in [1.29, 1.82) is 0 Å². The topological polar surface area (TPSA) is 53.4 Å². The van der Waals surface area contributed by atoms with Gasteiger partial charge in [0, 0.05) is 11.7 Å². The maximum absolute atomic E-state index is 8.99. The van der Waals surface area contributed by atoms with Gasteiger partial charge in [0.25, 0.3) is 0 Å². The van der Waals surface area contributed by atoms with Crippen molar-refractivity contribution in [3.8, 4) is 0 Å². The highest BCUT2D eigenvalue weighted by Crippen LogP contribution is 2.23. The Kier molecular flexibility index (Phi) is 4.10. The molecule has 1 heterocycles. The van der Waals surface area contributed by atoms with E-state index in [2.05, 4.69) is 34.8 Å². The summed E-state index contributed by atoms with van der Waals surface area (Å²) in [6.07, 6.45) is 2.45. The smallest absolute Gasteiger partial charge is 0.423 e. The lowest BCUT2D eigenvalue weighted by Crippen LogP contribution is -2.30. The lowest BCUT2D eigenvalue weighted by atomic mass is 9.80. The van der Waals surface area contributed by atoms with Crippen LogP contribution >= 0.6 is 15.9 Å². The second-order valence-electron chi connectivity index (χ2n) is 3.33. The van der Waals surface area contributed by atoms with Gasteiger partial charge in [0.1, 0.15) is 4.60 Å². The Balaban J connectivity index is 3.08. The van der Waals surface area contributed by atoms with E-state index in [1.807, 2.05) is 0 Å². The molecule has 0 radical (unpaired) electrons. The lowest BCUT2D eigenvalue weighted by molar-refractivity contribution is 0.425. The lowest BCUT2D eigenvalue weighted by Gasteiger charge is -2.12. The third kappa shape index (κ3) is 2.56. The molecule has 1 rings (SSSR count). The van der Waals surface area contributed by atoms with E-state index in [1.165, 1.54) is 6.20 Å². The summed E-state index contributed by atoms with van der Waals surface area (Å²) in [5.41, 5.74) is 1.45. The highest BCUT2D eigenvalue weighted by atomic mass is 79.9. The Labute approximate surface area is 92.5 Å². The summed E-state index contributed by atoms with van der Waals surface area (Å²) in [5, 5.41) is 18.0. The van der Waals surface area contributed by atoms with Crippen LogP contribution in [0.5, 0.6) is 0 Å². The van der Waals surface area contributed by atoms with Gasteiger partial charge < -0.3 is 10.0 Å². The minimum atomic E-state index is -1.45. The standard InChI is InChI=1S/C9H13BBrNO2/c1-3-6(2)8-4-7(10(13)14)5-12-9(8)11/h4-6,13-14H,3H2,1-2H3. The van der Waals surface area contributed by atoms with Gasteiger partial charge in [0.2, 0.25) is 0 Å². The minimum Gasteiger partial charge on any atom is -0.423 e. The number of hydrogen-bond donors (Lipinski definition) is 2. The van der Waals surface area contributed by atoms with E-state index >= 15 is 0 Å². The highest BCUT2D eigenvalue weighted by Gasteiger charge is 2.15. The first kappa shape index (κ1) is 11.7. The van der Waals surface area contributed by atoms with Crippen LogP contribution in [-0.2, 0) is 0 Å². The van der Waals surface area contributed by atoms with Gasteiger partial charge >= 0.3 is 7.12 Å². The molecule has 2 N–H and O–H groups in total. The number of aromatic nitrogens is 1. The van der Waals surface area contributed by atoms with Crippen molar-refractivity contribution in [3.05, 3.63) is 22.4 Å². The first-order valence-corrected chi connectivity index (χ1v) is 5.37. The number of hydrogen-bond acceptors (Lipinski definition) is 3. The molecule has 1 unspecified atom stereocenters.